The maximum Gasteiger partial charge on any atom is 0.194 e. The van der Waals surface area contributed by atoms with Crippen molar-refractivity contribution < 1.29 is 0 Å². The van der Waals surface area contributed by atoms with E-state index in [9.17, 15) is 0 Å². The highest BCUT2D eigenvalue weighted by Crippen LogP contribution is 2.22. The van der Waals surface area contributed by atoms with Crippen LogP contribution in [0.15, 0.2) is 58.9 Å². The Labute approximate surface area is 188 Å². The summed E-state index contributed by atoms with van der Waals surface area (Å²) in [6.07, 6.45) is 4.44. The summed E-state index contributed by atoms with van der Waals surface area (Å²) in [5.41, 5.74) is 2.57. The fraction of sp³-hybridized carbons (Fsp3) is 0.381. The van der Waals surface area contributed by atoms with Crippen LogP contribution >= 0.6 is 35.3 Å². The second-order valence-corrected chi connectivity index (χ2v) is 7.80. The van der Waals surface area contributed by atoms with E-state index in [0.717, 1.165) is 51.8 Å². The lowest BCUT2D eigenvalue weighted by atomic mass is 10.2. The molecule has 3 heterocycles. The van der Waals surface area contributed by atoms with Gasteiger partial charge in [-0.15, -0.1) is 35.3 Å². The van der Waals surface area contributed by atoms with E-state index in [4.69, 9.17) is 0 Å². The molecule has 7 heteroatoms. The predicted molar refractivity (Wildman–Crippen MR) is 132 cm³/mol. The lowest BCUT2D eigenvalue weighted by Gasteiger charge is -2.37. The fourth-order valence-corrected chi connectivity index (χ4v) is 4.40. The maximum atomic E-state index is 4.49. The number of guanidine groups is 1. The second-order valence-electron chi connectivity index (χ2n) is 6.87. The number of piperazine rings is 1. The smallest absolute Gasteiger partial charge is 0.194 e. The molecule has 5 nitrogen and oxygen atoms in total. The first-order chi connectivity index (χ1) is 13.3. The molecule has 4 rings (SSSR count). The van der Waals surface area contributed by atoms with Crippen molar-refractivity contribution in [2.45, 2.75) is 6.54 Å². The molecule has 0 atom stereocenters. The first-order valence-corrected chi connectivity index (χ1v) is 10.4. The Hall–Kier alpha value is -1.74. The normalized spacial score (nSPS) is 17.0. The molecule has 0 bridgehead atoms. The van der Waals surface area contributed by atoms with Gasteiger partial charge in [0.2, 0.25) is 0 Å². The number of hydrogen-bond donors (Lipinski definition) is 1. The monoisotopic (exact) mass is 509 g/mol. The van der Waals surface area contributed by atoms with Crippen LogP contribution < -0.4 is 15.1 Å². The Kier molecular flexibility index (Phi) is 7.61. The first kappa shape index (κ1) is 21.0. The number of aliphatic imine (C=N–C) groups is 1. The van der Waals surface area contributed by atoms with Crippen molar-refractivity contribution in [3.05, 3.63) is 59.5 Å². The van der Waals surface area contributed by atoms with Crippen LogP contribution in [0.2, 0.25) is 0 Å². The molecule has 0 radical (unpaired) electrons. The highest BCUT2D eigenvalue weighted by Gasteiger charge is 2.20. The Morgan fingerprint density at radius 2 is 1.71 bits per heavy atom. The van der Waals surface area contributed by atoms with Gasteiger partial charge in [-0.1, -0.05) is 24.3 Å². The first-order valence-electron chi connectivity index (χ1n) is 9.56. The van der Waals surface area contributed by atoms with E-state index < -0.39 is 0 Å². The van der Waals surface area contributed by atoms with Crippen LogP contribution in [0, 0.1) is 0 Å². The average molecular weight is 509 g/mol. The van der Waals surface area contributed by atoms with Gasteiger partial charge in [0.25, 0.3) is 0 Å². The molecular formula is C21H28IN5S. The summed E-state index contributed by atoms with van der Waals surface area (Å²) >= 11 is 1.82. The van der Waals surface area contributed by atoms with Crippen LogP contribution in [0.3, 0.4) is 0 Å². The van der Waals surface area contributed by atoms with Gasteiger partial charge in [0.05, 0.1) is 5.00 Å². The van der Waals surface area contributed by atoms with Gasteiger partial charge in [0.1, 0.15) is 0 Å². The predicted octanol–water partition coefficient (Wildman–Crippen LogP) is 3.64. The van der Waals surface area contributed by atoms with Crippen LogP contribution in [-0.4, -0.2) is 57.2 Å². The van der Waals surface area contributed by atoms with Gasteiger partial charge in [-0.25, -0.2) is 0 Å². The van der Waals surface area contributed by atoms with E-state index in [-0.39, 0.29) is 24.0 Å². The van der Waals surface area contributed by atoms with Crippen LogP contribution in [-0.2, 0) is 6.54 Å². The molecule has 1 aromatic carbocycles. The summed E-state index contributed by atoms with van der Waals surface area (Å²) in [7, 11) is 1.87. The molecular weight excluding hydrogens is 481 g/mol. The van der Waals surface area contributed by atoms with Crippen molar-refractivity contribution in [1.29, 1.82) is 0 Å². The number of hydrogen-bond acceptors (Lipinski definition) is 4. The van der Waals surface area contributed by atoms with Crippen molar-refractivity contribution in [2.24, 2.45) is 4.99 Å². The number of thiophene rings is 1. The molecule has 0 aliphatic carbocycles. The zero-order valence-electron chi connectivity index (χ0n) is 16.3. The standard InChI is InChI=1S/C21H27N5S.HI/c1-22-21(26-14-12-25(13-15-26)20-5-4-16-27-20)23-17-18-6-8-19(9-7-18)24-10-2-3-11-24;/h2-9,16H,10-15,17H2,1H3,(H,22,23);1H. The van der Waals surface area contributed by atoms with Crippen LogP contribution in [0.1, 0.15) is 5.56 Å². The zero-order valence-corrected chi connectivity index (χ0v) is 19.4. The van der Waals surface area contributed by atoms with Crippen LogP contribution in [0.25, 0.3) is 0 Å². The lowest BCUT2D eigenvalue weighted by Crippen LogP contribution is -2.52. The number of halogens is 1. The summed E-state index contributed by atoms with van der Waals surface area (Å²) < 4.78 is 0. The second kappa shape index (κ2) is 10.2. The fourth-order valence-electron chi connectivity index (χ4n) is 3.62. The Morgan fingerprint density at radius 3 is 2.32 bits per heavy atom. The molecule has 2 aromatic rings. The van der Waals surface area contributed by atoms with Gasteiger partial charge in [-0.2, -0.15) is 0 Å². The average Bonchev–Trinajstić information content (AvgIpc) is 3.44. The summed E-state index contributed by atoms with van der Waals surface area (Å²) in [6.45, 7) is 6.91. The Morgan fingerprint density at radius 1 is 1.00 bits per heavy atom. The lowest BCUT2D eigenvalue weighted by molar-refractivity contribution is 0.373. The number of rotatable bonds is 4. The van der Waals surface area contributed by atoms with E-state index >= 15 is 0 Å². The molecule has 2 aliphatic rings. The minimum Gasteiger partial charge on any atom is -0.364 e. The van der Waals surface area contributed by atoms with Gasteiger partial charge in [-0.3, -0.25) is 4.99 Å². The van der Waals surface area contributed by atoms with E-state index in [1.165, 1.54) is 16.3 Å². The van der Waals surface area contributed by atoms with Gasteiger partial charge in [0, 0.05) is 58.5 Å². The maximum absolute atomic E-state index is 4.49. The van der Waals surface area contributed by atoms with Gasteiger partial charge in [-0.05, 0) is 35.2 Å². The molecule has 150 valence electrons. The minimum absolute atomic E-state index is 0. The highest BCUT2D eigenvalue weighted by molar-refractivity contribution is 14.0. The molecule has 28 heavy (non-hydrogen) atoms. The number of nitrogens with zero attached hydrogens (tertiary/aromatic N) is 4. The zero-order chi connectivity index (χ0) is 18.5. The van der Waals surface area contributed by atoms with E-state index in [1.807, 2.05) is 18.4 Å². The number of nitrogens with one attached hydrogen (secondary N) is 1. The van der Waals surface area contributed by atoms with Crippen molar-refractivity contribution in [2.75, 3.05) is 56.1 Å². The highest BCUT2D eigenvalue weighted by atomic mass is 127. The third kappa shape index (κ3) is 5.00. The van der Waals surface area contributed by atoms with Gasteiger partial charge in [0.15, 0.2) is 5.96 Å². The number of benzene rings is 1. The Bertz CT molecular complexity index is 772. The summed E-state index contributed by atoms with van der Waals surface area (Å²) in [5, 5.41) is 7.04. The summed E-state index contributed by atoms with van der Waals surface area (Å²) in [4.78, 5) is 11.7. The molecule has 0 amide bonds. The third-order valence-electron chi connectivity index (χ3n) is 5.18. The third-order valence-corrected chi connectivity index (χ3v) is 6.11. The minimum atomic E-state index is 0. The molecule has 0 spiro atoms. The van der Waals surface area contributed by atoms with Gasteiger partial charge < -0.3 is 20.0 Å². The molecule has 1 N–H and O–H groups in total. The van der Waals surface area contributed by atoms with E-state index in [2.05, 4.69) is 78.9 Å². The van der Waals surface area contributed by atoms with Crippen LogP contribution in [0.5, 0.6) is 0 Å². The molecule has 0 saturated carbocycles. The quantitative estimate of drug-likeness (QED) is 0.296. The summed E-state index contributed by atoms with van der Waals surface area (Å²) in [5.74, 6) is 0.994. The van der Waals surface area contributed by atoms with E-state index in [1.54, 1.807) is 0 Å². The summed E-state index contributed by atoms with van der Waals surface area (Å²) in [6, 6.07) is 13.2. The Balaban J connectivity index is 0.00000225. The number of anilines is 2. The van der Waals surface area contributed by atoms with Crippen molar-refractivity contribution in [1.82, 2.24) is 10.2 Å². The molecule has 1 fully saturated rings. The van der Waals surface area contributed by atoms with Gasteiger partial charge >= 0.3 is 0 Å². The van der Waals surface area contributed by atoms with Crippen molar-refractivity contribution >= 4 is 52.0 Å². The molecule has 1 saturated heterocycles. The largest absolute Gasteiger partial charge is 0.364 e. The molecule has 2 aliphatic heterocycles. The molecule has 1 aromatic heterocycles. The van der Waals surface area contributed by atoms with Crippen LogP contribution in [0.4, 0.5) is 10.7 Å². The van der Waals surface area contributed by atoms with Crippen molar-refractivity contribution in [3.8, 4) is 0 Å². The van der Waals surface area contributed by atoms with Crippen molar-refractivity contribution in [3.63, 3.8) is 0 Å². The topological polar surface area (TPSA) is 34.1 Å². The van der Waals surface area contributed by atoms with E-state index in [0.29, 0.717) is 0 Å². The molecule has 0 unspecified atom stereocenters. The SMILES string of the molecule is CN=C(NCc1ccc(N2CC=CC2)cc1)N1CCN(c2cccs2)CC1.I.